The number of rotatable bonds is 4. The van der Waals surface area contributed by atoms with Gasteiger partial charge in [-0.25, -0.2) is 4.39 Å². The molecule has 1 aromatic carbocycles. The zero-order chi connectivity index (χ0) is 15.4. The predicted molar refractivity (Wildman–Crippen MR) is 73.6 cm³/mol. The molecule has 1 atom stereocenters. The number of benzene rings is 1. The molecule has 1 heterocycles. The van der Waals surface area contributed by atoms with Gasteiger partial charge < -0.3 is 9.64 Å². The van der Waals surface area contributed by atoms with Crippen molar-refractivity contribution in [3.8, 4) is 0 Å². The molecule has 6 nitrogen and oxygen atoms in total. The molecular formula is C14H17FN2O4. The fourth-order valence-electron chi connectivity index (χ4n) is 2.38. The van der Waals surface area contributed by atoms with Crippen molar-refractivity contribution in [2.24, 2.45) is 0 Å². The molecule has 1 aliphatic rings. The van der Waals surface area contributed by atoms with Gasteiger partial charge in [-0.15, -0.1) is 0 Å². The van der Waals surface area contributed by atoms with Crippen LogP contribution in [0.3, 0.4) is 0 Å². The van der Waals surface area contributed by atoms with Crippen molar-refractivity contribution in [3.05, 3.63) is 39.7 Å². The molecule has 1 fully saturated rings. The van der Waals surface area contributed by atoms with Gasteiger partial charge in [0.05, 0.1) is 11.0 Å². The minimum Gasteiger partial charge on any atom is -0.376 e. The van der Waals surface area contributed by atoms with E-state index in [1.54, 1.807) is 0 Å². The summed E-state index contributed by atoms with van der Waals surface area (Å²) in [4.78, 5) is 23.9. The maximum atomic E-state index is 13.3. The van der Waals surface area contributed by atoms with Gasteiger partial charge in [0.2, 0.25) is 0 Å². The summed E-state index contributed by atoms with van der Waals surface area (Å²) in [6.45, 7) is 0.999. The van der Waals surface area contributed by atoms with Crippen molar-refractivity contribution in [1.82, 2.24) is 4.90 Å². The Morgan fingerprint density at radius 3 is 2.90 bits per heavy atom. The van der Waals surface area contributed by atoms with Crippen molar-refractivity contribution < 1.29 is 18.8 Å². The number of halogens is 1. The lowest BCUT2D eigenvalue weighted by Crippen LogP contribution is -2.37. The lowest BCUT2D eigenvalue weighted by Gasteiger charge is -2.27. The average molecular weight is 296 g/mol. The number of likely N-dealkylation sites (N-methyl/N-ethyl adjacent to an activating group) is 1. The molecule has 2 rings (SSSR count). The fourth-order valence-corrected chi connectivity index (χ4v) is 2.38. The molecule has 1 saturated heterocycles. The van der Waals surface area contributed by atoms with Gasteiger partial charge in [-0.05, 0) is 31.4 Å². The van der Waals surface area contributed by atoms with Gasteiger partial charge in [-0.1, -0.05) is 0 Å². The summed E-state index contributed by atoms with van der Waals surface area (Å²) in [5, 5.41) is 10.9. The number of nitrogens with zero attached hydrogens (tertiary/aromatic N) is 2. The van der Waals surface area contributed by atoms with Gasteiger partial charge in [0.15, 0.2) is 0 Å². The first kappa shape index (κ1) is 15.4. The maximum Gasteiger partial charge on any atom is 0.282 e. The van der Waals surface area contributed by atoms with E-state index in [0.29, 0.717) is 13.2 Å². The average Bonchev–Trinajstić information content (AvgIpc) is 2.47. The number of nitro groups is 1. The van der Waals surface area contributed by atoms with E-state index < -0.39 is 22.3 Å². The molecule has 1 aromatic rings. The van der Waals surface area contributed by atoms with Gasteiger partial charge in [-0.3, -0.25) is 14.9 Å². The second-order valence-electron chi connectivity index (χ2n) is 5.09. The number of hydrogen-bond donors (Lipinski definition) is 0. The zero-order valence-corrected chi connectivity index (χ0v) is 11.8. The van der Waals surface area contributed by atoms with E-state index in [1.165, 1.54) is 11.9 Å². The zero-order valence-electron chi connectivity index (χ0n) is 11.8. The lowest BCUT2D eigenvalue weighted by molar-refractivity contribution is -0.385. The minimum absolute atomic E-state index is 0.0692. The lowest BCUT2D eigenvalue weighted by atomic mass is 10.1. The second kappa shape index (κ2) is 6.62. The SMILES string of the molecule is CN(CC1CCCCO1)C(=O)c1cc(F)ccc1[N+](=O)[O-]. The van der Waals surface area contributed by atoms with Gasteiger partial charge in [0.1, 0.15) is 11.4 Å². The predicted octanol–water partition coefficient (Wildman–Crippen LogP) is 2.38. The molecule has 21 heavy (non-hydrogen) atoms. The number of carbonyl (C=O) groups excluding carboxylic acids is 1. The van der Waals surface area contributed by atoms with Crippen LogP contribution in [0, 0.1) is 15.9 Å². The van der Waals surface area contributed by atoms with E-state index in [4.69, 9.17) is 4.74 Å². The van der Waals surface area contributed by atoms with Crippen LogP contribution in [-0.2, 0) is 4.74 Å². The fraction of sp³-hybridized carbons (Fsp3) is 0.500. The van der Waals surface area contributed by atoms with Crippen molar-refractivity contribution in [2.45, 2.75) is 25.4 Å². The number of nitro benzene ring substituents is 1. The van der Waals surface area contributed by atoms with Crippen LogP contribution in [0.15, 0.2) is 18.2 Å². The Labute approximate surface area is 121 Å². The van der Waals surface area contributed by atoms with Gasteiger partial charge in [0, 0.05) is 26.3 Å². The Morgan fingerprint density at radius 2 is 2.29 bits per heavy atom. The molecule has 0 aliphatic carbocycles. The highest BCUT2D eigenvalue weighted by atomic mass is 19.1. The quantitative estimate of drug-likeness (QED) is 0.631. The van der Waals surface area contributed by atoms with Crippen LogP contribution in [-0.4, -0.2) is 42.0 Å². The van der Waals surface area contributed by atoms with Crippen molar-refractivity contribution in [1.29, 1.82) is 0 Å². The molecule has 7 heteroatoms. The molecule has 114 valence electrons. The van der Waals surface area contributed by atoms with Crippen LogP contribution < -0.4 is 0 Å². The van der Waals surface area contributed by atoms with Gasteiger partial charge in [0.25, 0.3) is 11.6 Å². The third kappa shape index (κ3) is 3.75. The summed E-state index contributed by atoms with van der Waals surface area (Å²) < 4.78 is 18.8. The van der Waals surface area contributed by atoms with E-state index in [2.05, 4.69) is 0 Å². The van der Waals surface area contributed by atoms with E-state index in [1.807, 2.05) is 0 Å². The monoisotopic (exact) mass is 296 g/mol. The smallest absolute Gasteiger partial charge is 0.282 e. The molecule has 0 spiro atoms. The van der Waals surface area contributed by atoms with Crippen LogP contribution in [0.25, 0.3) is 0 Å². The molecule has 1 aliphatic heterocycles. The highest BCUT2D eigenvalue weighted by Gasteiger charge is 2.25. The molecule has 1 unspecified atom stereocenters. The number of ether oxygens (including phenoxy) is 1. The number of hydrogen-bond acceptors (Lipinski definition) is 4. The molecule has 0 saturated carbocycles. The number of amides is 1. The van der Waals surface area contributed by atoms with Crippen LogP contribution in [0.4, 0.5) is 10.1 Å². The Balaban J connectivity index is 2.14. The van der Waals surface area contributed by atoms with Crippen LogP contribution in [0.2, 0.25) is 0 Å². The summed E-state index contributed by atoms with van der Waals surface area (Å²) in [7, 11) is 1.54. The molecular weight excluding hydrogens is 279 g/mol. The molecule has 0 radical (unpaired) electrons. The van der Waals surface area contributed by atoms with Gasteiger partial charge in [-0.2, -0.15) is 0 Å². The highest BCUT2D eigenvalue weighted by molar-refractivity contribution is 5.98. The van der Waals surface area contributed by atoms with Crippen molar-refractivity contribution in [3.63, 3.8) is 0 Å². The van der Waals surface area contributed by atoms with Crippen LogP contribution in [0.1, 0.15) is 29.6 Å². The van der Waals surface area contributed by atoms with Crippen molar-refractivity contribution in [2.75, 3.05) is 20.2 Å². The molecule has 0 N–H and O–H groups in total. The summed E-state index contributed by atoms with van der Waals surface area (Å²) in [5.41, 5.74) is -0.629. The largest absolute Gasteiger partial charge is 0.376 e. The second-order valence-corrected chi connectivity index (χ2v) is 5.09. The minimum atomic E-state index is -0.683. The van der Waals surface area contributed by atoms with Crippen LogP contribution >= 0.6 is 0 Å². The molecule has 1 amide bonds. The first-order valence-electron chi connectivity index (χ1n) is 6.80. The van der Waals surface area contributed by atoms with Gasteiger partial charge >= 0.3 is 0 Å². The highest BCUT2D eigenvalue weighted by Crippen LogP contribution is 2.22. The summed E-state index contributed by atoms with van der Waals surface area (Å²) in [5.74, 6) is -1.25. The Hall–Kier alpha value is -2.02. The molecule has 0 bridgehead atoms. The summed E-state index contributed by atoms with van der Waals surface area (Å²) in [6, 6.07) is 2.88. The first-order valence-corrected chi connectivity index (χ1v) is 6.80. The Morgan fingerprint density at radius 1 is 1.52 bits per heavy atom. The number of carbonyl (C=O) groups is 1. The van der Waals surface area contributed by atoms with Crippen LogP contribution in [0.5, 0.6) is 0 Å². The topological polar surface area (TPSA) is 72.7 Å². The van der Waals surface area contributed by atoms with E-state index >= 15 is 0 Å². The normalized spacial score (nSPS) is 18.3. The summed E-state index contributed by atoms with van der Waals surface area (Å²) >= 11 is 0. The van der Waals surface area contributed by atoms with E-state index in [-0.39, 0.29) is 11.7 Å². The summed E-state index contributed by atoms with van der Waals surface area (Å²) in [6.07, 6.45) is 2.82. The third-order valence-electron chi connectivity index (χ3n) is 3.48. The Bertz CT molecular complexity index is 544. The Kier molecular flexibility index (Phi) is 4.85. The first-order chi connectivity index (χ1) is 9.99. The standard InChI is InChI=1S/C14H17FN2O4/c1-16(9-11-4-2-3-7-21-11)14(18)12-8-10(15)5-6-13(12)17(19)20/h5-6,8,11H,2-4,7,9H2,1H3. The molecule has 0 aromatic heterocycles. The maximum absolute atomic E-state index is 13.3. The third-order valence-corrected chi connectivity index (χ3v) is 3.48. The van der Waals surface area contributed by atoms with E-state index in [0.717, 1.165) is 37.5 Å². The van der Waals surface area contributed by atoms with Crippen molar-refractivity contribution >= 4 is 11.6 Å². The van der Waals surface area contributed by atoms with E-state index in [9.17, 15) is 19.3 Å².